The van der Waals surface area contributed by atoms with Crippen LogP contribution in [0.15, 0.2) is 41.5 Å². The van der Waals surface area contributed by atoms with Crippen LogP contribution in [0.3, 0.4) is 0 Å². The predicted molar refractivity (Wildman–Crippen MR) is 62.9 cm³/mol. The summed E-state index contributed by atoms with van der Waals surface area (Å²) in [5.74, 6) is 0. The zero-order valence-electron chi connectivity index (χ0n) is 7.90. The van der Waals surface area contributed by atoms with Crippen molar-refractivity contribution in [1.82, 2.24) is 9.97 Å². The van der Waals surface area contributed by atoms with Gasteiger partial charge in [0.2, 0.25) is 5.56 Å². The van der Waals surface area contributed by atoms with E-state index in [0.29, 0.717) is 5.33 Å². The van der Waals surface area contributed by atoms with Crippen LogP contribution in [0, 0.1) is 0 Å². The number of alkyl halides is 1. The summed E-state index contributed by atoms with van der Waals surface area (Å²) in [4.78, 5) is 18.0. The Hall–Kier alpha value is -1.42. The Morgan fingerprint density at radius 2 is 2.20 bits per heavy atom. The van der Waals surface area contributed by atoms with Gasteiger partial charge in [0.05, 0.1) is 0 Å². The summed E-state index contributed by atoms with van der Waals surface area (Å²) >= 11 is 3.35. The second kappa shape index (κ2) is 4.40. The second-order valence-corrected chi connectivity index (χ2v) is 3.65. The average molecular weight is 265 g/mol. The number of aromatic nitrogens is 2. The highest BCUT2D eigenvalue weighted by atomic mass is 79.9. The molecular formula is C11H9BrN2O. The van der Waals surface area contributed by atoms with Gasteiger partial charge in [0.25, 0.3) is 0 Å². The van der Waals surface area contributed by atoms with Crippen molar-refractivity contribution in [1.29, 1.82) is 0 Å². The molecule has 2 aromatic rings. The van der Waals surface area contributed by atoms with Crippen molar-refractivity contribution < 1.29 is 0 Å². The van der Waals surface area contributed by atoms with Crippen molar-refractivity contribution >= 4 is 15.9 Å². The van der Waals surface area contributed by atoms with Crippen molar-refractivity contribution in [3.8, 4) is 11.1 Å². The first kappa shape index (κ1) is 10.1. The molecule has 0 fully saturated rings. The zero-order chi connectivity index (χ0) is 10.7. The number of halogens is 1. The van der Waals surface area contributed by atoms with Gasteiger partial charge in [-0.15, -0.1) is 0 Å². The molecule has 0 aromatic carbocycles. The molecule has 4 heteroatoms. The Kier molecular flexibility index (Phi) is 2.97. The molecule has 2 heterocycles. The van der Waals surface area contributed by atoms with Gasteiger partial charge in [-0.05, 0) is 12.1 Å². The average Bonchev–Trinajstić information content (AvgIpc) is 2.30. The van der Waals surface area contributed by atoms with E-state index in [1.807, 2.05) is 18.2 Å². The molecule has 0 saturated carbocycles. The summed E-state index contributed by atoms with van der Waals surface area (Å²) in [6.45, 7) is 0. The van der Waals surface area contributed by atoms with Gasteiger partial charge in [0.15, 0.2) is 0 Å². The number of hydrogen-bond donors (Lipinski definition) is 1. The molecule has 0 atom stereocenters. The number of aromatic amines is 1. The van der Waals surface area contributed by atoms with E-state index in [0.717, 1.165) is 16.8 Å². The fourth-order valence-electron chi connectivity index (χ4n) is 1.42. The lowest BCUT2D eigenvalue weighted by Crippen LogP contribution is -2.07. The third-order valence-electron chi connectivity index (χ3n) is 2.11. The molecule has 0 aliphatic heterocycles. The summed E-state index contributed by atoms with van der Waals surface area (Å²) < 4.78 is 0. The number of hydrogen-bond acceptors (Lipinski definition) is 2. The van der Waals surface area contributed by atoms with E-state index >= 15 is 0 Å². The highest BCUT2D eigenvalue weighted by molar-refractivity contribution is 9.08. The molecule has 2 aromatic heterocycles. The van der Waals surface area contributed by atoms with Crippen LogP contribution in [0.25, 0.3) is 11.1 Å². The van der Waals surface area contributed by atoms with Crippen LogP contribution in [0.4, 0.5) is 0 Å². The van der Waals surface area contributed by atoms with Crippen LogP contribution in [0.5, 0.6) is 0 Å². The Balaban J connectivity index is 2.58. The van der Waals surface area contributed by atoms with Crippen LogP contribution in [-0.2, 0) is 5.33 Å². The fourth-order valence-corrected chi connectivity index (χ4v) is 1.86. The number of nitrogens with zero attached hydrogens (tertiary/aromatic N) is 1. The van der Waals surface area contributed by atoms with Crippen LogP contribution < -0.4 is 5.56 Å². The molecule has 0 saturated heterocycles. The second-order valence-electron chi connectivity index (χ2n) is 3.09. The van der Waals surface area contributed by atoms with Crippen LogP contribution in [0.2, 0.25) is 0 Å². The maximum absolute atomic E-state index is 11.1. The maximum Gasteiger partial charge on any atom is 0.248 e. The minimum atomic E-state index is -0.0860. The number of H-pyrrole nitrogens is 1. The standard InChI is InChI=1S/C11H9BrN2O/c12-6-10-9(3-4-11(15)14-10)8-2-1-5-13-7-8/h1-5,7H,6H2,(H,14,15). The summed E-state index contributed by atoms with van der Waals surface area (Å²) in [5.41, 5.74) is 2.79. The van der Waals surface area contributed by atoms with E-state index in [1.54, 1.807) is 12.4 Å². The van der Waals surface area contributed by atoms with Crippen molar-refractivity contribution in [3.05, 3.63) is 52.7 Å². The van der Waals surface area contributed by atoms with Crippen molar-refractivity contribution in [2.24, 2.45) is 0 Å². The summed E-state index contributed by atoms with van der Waals surface area (Å²) in [7, 11) is 0. The van der Waals surface area contributed by atoms with E-state index in [1.165, 1.54) is 6.07 Å². The Morgan fingerprint density at radius 3 is 2.87 bits per heavy atom. The maximum atomic E-state index is 11.1. The van der Waals surface area contributed by atoms with Crippen LogP contribution >= 0.6 is 15.9 Å². The van der Waals surface area contributed by atoms with Gasteiger partial charge < -0.3 is 4.98 Å². The SMILES string of the molecule is O=c1ccc(-c2cccnc2)c(CBr)[nH]1. The molecule has 0 aliphatic rings. The minimum Gasteiger partial charge on any atom is -0.325 e. The van der Waals surface area contributed by atoms with Gasteiger partial charge in [-0.3, -0.25) is 9.78 Å². The largest absolute Gasteiger partial charge is 0.325 e. The van der Waals surface area contributed by atoms with Gasteiger partial charge in [-0.2, -0.15) is 0 Å². The quantitative estimate of drug-likeness (QED) is 0.847. The smallest absolute Gasteiger partial charge is 0.248 e. The van der Waals surface area contributed by atoms with Gasteiger partial charge in [0.1, 0.15) is 0 Å². The van der Waals surface area contributed by atoms with Gasteiger partial charge >= 0.3 is 0 Å². The lowest BCUT2D eigenvalue weighted by atomic mass is 10.1. The van der Waals surface area contributed by atoms with Crippen molar-refractivity contribution in [2.75, 3.05) is 0 Å². The number of nitrogens with one attached hydrogen (secondary N) is 1. The molecule has 0 spiro atoms. The molecule has 3 nitrogen and oxygen atoms in total. The topological polar surface area (TPSA) is 45.8 Å². The molecule has 0 radical (unpaired) electrons. The number of pyridine rings is 2. The Bertz CT molecular complexity index is 507. The first-order valence-corrected chi connectivity index (χ1v) is 5.62. The highest BCUT2D eigenvalue weighted by Crippen LogP contribution is 2.21. The van der Waals surface area contributed by atoms with E-state index in [-0.39, 0.29) is 5.56 Å². The van der Waals surface area contributed by atoms with Crippen molar-refractivity contribution in [2.45, 2.75) is 5.33 Å². The lowest BCUT2D eigenvalue weighted by Gasteiger charge is -2.05. The molecule has 0 bridgehead atoms. The number of rotatable bonds is 2. The first-order valence-electron chi connectivity index (χ1n) is 4.50. The van der Waals surface area contributed by atoms with Gasteiger partial charge in [-0.1, -0.05) is 22.0 Å². The molecule has 76 valence electrons. The normalized spacial score (nSPS) is 10.2. The lowest BCUT2D eigenvalue weighted by molar-refractivity contribution is 1.13. The van der Waals surface area contributed by atoms with E-state index in [4.69, 9.17) is 0 Å². The predicted octanol–water partition coefficient (Wildman–Crippen LogP) is 2.33. The van der Waals surface area contributed by atoms with Gasteiger partial charge in [0, 0.05) is 40.6 Å². The fraction of sp³-hybridized carbons (Fsp3) is 0.0909. The highest BCUT2D eigenvalue weighted by Gasteiger charge is 2.04. The van der Waals surface area contributed by atoms with Crippen LogP contribution in [-0.4, -0.2) is 9.97 Å². The monoisotopic (exact) mass is 264 g/mol. The molecule has 2 rings (SSSR count). The zero-order valence-corrected chi connectivity index (χ0v) is 9.49. The molecule has 1 N–H and O–H groups in total. The third-order valence-corrected chi connectivity index (χ3v) is 2.67. The summed E-state index contributed by atoms with van der Waals surface area (Å²) in [6.07, 6.45) is 3.50. The third kappa shape index (κ3) is 2.15. The molecule has 15 heavy (non-hydrogen) atoms. The first-order chi connectivity index (χ1) is 7.31. The molecule has 0 unspecified atom stereocenters. The summed E-state index contributed by atoms with van der Waals surface area (Å²) in [5, 5.41) is 0.618. The molecule has 0 amide bonds. The van der Waals surface area contributed by atoms with E-state index in [9.17, 15) is 4.79 Å². The van der Waals surface area contributed by atoms with E-state index < -0.39 is 0 Å². The Labute approximate surface area is 95.3 Å². The molecular weight excluding hydrogens is 256 g/mol. The minimum absolute atomic E-state index is 0.0860. The summed E-state index contributed by atoms with van der Waals surface area (Å²) in [6, 6.07) is 7.17. The van der Waals surface area contributed by atoms with E-state index in [2.05, 4.69) is 25.9 Å². The van der Waals surface area contributed by atoms with Crippen molar-refractivity contribution in [3.63, 3.8) is 0 Å². The Morgan fingerprint density at radius 1 is 1.33 bits per heavy atom. The van der Waals surface area contributed by atoms with Gasteiger partial charge in [-0.25, -0.2) is 0 Å². The van der Waals surface area contributed by atoms with Crippen LogP contribution in [0.1, 0.15) is 5.69 Å². The molecule has 0 aliphatic carbocycles.